The summed E-state index contributed by atoms with van der Waals surface area (Å²) in [6.07, 6.45) is -0.0995. The van der Waals surface area contributed by atoms with Crippen molar-refractivity contribution in [1.29, 1.82) is 0 Å². The Morgan fingerprint density at radius 3 is 2.75 bits per heavy atom. The van der Waals surface area contributed by atoms with E-state index < -0.39 is 15.7 Å². The molecule has 6 nitrogen and oxygen atoms in total. The lowest BCUT2D eigenvalue weighted by molar-refractivity contribution is -0.115. The monoisotopic (exact) mass is 242 g/mol. The molecule has 4 N–H and O–H groups in total. The smallest absolute Gasteiger partial charge is 0.225 e. The van der Waals surface area contributed by atoms with Gasteiger partial charge in [-0.25, -0.2) is 8.42 Å². The average molecular weight is 242 g/mol. The van der Waals surface area contributed by atoms with Gasteiger partial charge in [0.15, 0.2) is 9.84 Å². The Labute approximate surface area is 92.0 Å². The van der Waals surface area contributed by atoms with Crippen LogP contribution in [0.1, 0.15) is 6.42 Å². The molecule has 1 amide bonds. The van der Waals surface area contributed by atoms with Crippen molar-refractivity contribution in [3.8, 4) is 5.75 Å². The highest BCUT2D eigenvalue weighted by Gasteiger charge is 2.26. The van der Waals surface area contributed by atoms with Crippen molar-refractivity contribution < 1.29 is 18.3 Å². The van der Waals surface area contributed by atoms with Crippen LogP contribution in [0.2, 0.25) is 0 Å². The Morgan fingerprint density at radius 1 is 1.38 bits per heavy atom. The number of carbonyl (C=O) groups excluding carboxylic acids is 1. The van der Waals surface area contributed by atoms with E-state index in [9.17, 15) is 18.3 Å². The zero-order valence-electron chi connectivity index (χ0n) is 8.23. The fourth-order valence-corrected chi connectivity index (χ4v) is 2.91. The molecule has 1 aromatic carbocycles. The van der Waals surface area contributed by atoms with Gasteiger partial charge in [0.2, 0.25) is 5.91 Å². The van der Waals surface area contributed by atoms with Gasteiger partial charge in [0.25, 0.3) is 0 Å². The van der Waals surface area contributed by atoms with Crippen LogP contribution >= 0.6 is 0 Å². The summed E-state index contributed by atoms with van der Waals surface area (Å²) < 4.78 is 23.5. The van der Waals surface area contributed by atoms with Crippen LogP contribution < -0.4 is 11.1 Å². The molecule has 0 unspecified atom stereocenters. The molecule has 0 saturated carbocycles. The molecule has 0 saturated heterocycles. The molecule has 7 heteroatoms. The maximum absolute atomic E-state index is 11.8. The Morgan fingerprint density at radius 2 is 2.06 bits per heavy atom. The van der Waals surface area contributed by atoms with Gasteiger partial charge in [0.05, 0.1) is 22.0 Å². The summed E-state index contributed by atoms with van der Waals surface area (Å²) in [5.41, 5.74) is 5.47. The van der Waals surface area contributed by atoms with Crippen molar-refractivity contribution in [3.63, 3.8) is 0 Å². The van der Waals surface area contributed by atoms with E-state index in [-0.39, 0.29) is 34.2 Å². The van der Waals surface area contributed by atoms with Crippen LogP contribution in [0.5, 0.6) is 5.75 Å². The maximum atomic E-state index is 11.8. The first-order valence-corrected chi connectivity index (χ1v) is 6.20. The van der Waals surface area contributed by atoms with E-state index in [1.54, 1.807) is 0 Å². The lowest BCUT2D eigenvalue weighted by Gasteiger charge is -2.08. The predicted molar refractivity (Wildman–Crippen MR) is 57.8 cm³/mol. The lowest BCUT2D eigenvalue weighted by atomic mass is 10.2. The number of benzene rings is 1. The second-order valence-corrected chi connectivity index (χ2v) is 5.60. The van der Waals surface area contributed by atoms with Gasteiger partial charge < -0.3 is 16.2 Å². The summed E-state index contributed by atoms with van der Waals surface area (Å²) in [6, 6.07) is 2.30. The molecule has 0 bridgehead atoms. The van der Waals surface area contributed by atoms with Gasteiger partial charge in [-0.1, -0.05) is 0 Å². The van der Waals surface area contributed by atoms with Crippen molar-refractivity contribution in [2.45, 2.75) is 11.3 Å². The third-order valence-corrected chi connectivity index (χ3v) is 4.09. The van der Waals surface area contributed by atoms with E-state index in [0.717, 1.165) is 12.1 Å². The zero-order chi connectivity index (χ0) is 11.9. The number of phenols is 1. The topological polar surface area (TPSA) is 109 Å². The Balaban J connectivity index is 2.71. The number of rotatable bonds is 0. The molecule has 1 aliphatic rings. The zero-order valence-corrected chi connectivity index (χ0v) is 9.04. The summed E-state index contributed by atoms with van der Waals surface area (Å²) in [5.74, 6) is -0.904. The van der Waals surface area contributed by atoms with E-state index in [2.05, 4.69) is 5.32 Å². The molecule has 86 valence electrons. The minimum Gasteiger partial charge on any atom is -0.506 e. The molecule has 0 radical (unpaired) electrons. The van der Waals surface area contributed by atoms with Gasteiger partial charge in [-0.15, -0.1) is 0 Å². The number of amides is 1. The third-order valence-electron chi connectivity index (χ3n) is 2.34. The first-order chi connectivity index (χ1) is 7.40. The standard InChI is InChI=1S/C9H10N2O4S/c10-5-3-8-6(4-7(5)12)11-9(13)1-2-16(8,14)15/h3-4,12H,1-2,10H2,(H,11,13). The molecule has 0 aromatic heterocycles. The number of carbonyl (C=O) groups is 1. The van der Waals surface area contributed by atoms with Crippen molar-refractivity contribution in [3.05, 3.63) is 12.1 Å². The molecular formula is C9H10N2O4S. The van der Waals surface area contributed by atoms with E-state index in [1.165, 1.54) is 0 Å². The van der Waals surface area contributed by atoms with E-state index in [0.29, 0.717) is 0 Å². The predicted octanol–water partition coefficient (Wildman–Crippen LogP) is 0.0903. The van der Waals surface area contributed by atoms with Crippen LogP contribution in [0.4, 0.5) is 11.4 Å². The van der Waals surface area contributed by atoms with Crippen molar-refractivity contribution >= 4 is 27.1 Å². The van der Waals surface area contributed by atoms with Gasteiger partial charge in [0.1, 0.15) is 5.75 Å². The Bertz CT molecular complexity index is 565. The van der Waals surface area contributed by atoms with Crippen LogP contribution in [-0.4, -0.2) is 25.2 Å². The molecule has 1 heterocycles. The van der Waals surface area contributed by atoms with Crippen LogP contribution in [0.25, 0.3) is 0 Å². The molecule has 0 atom stereocenters. The first kappa shape index (κ1) is 10.7. The molecular weight excluding hydrogens is 232 g/mol. The highest BCUT2D eigenvalue weighted by Crippen LogP contribution is 2.33. The van der Waals surface area contributed by atoms with Crippen LogP contribution in [0.15, 0.2) is 17.0 Å². The fourth-order valence-electron chi connectivity index (χ4n) is 1.49. The number of sulfone groups is 1. The maximum Gasteiger partial charge on any atom is 0.225 e. The van der Waals surface area contributed by atoms with Crippen LogP contribution in [-0.2, 0) is 14.6 Å². The molecule has 1 aromatic rings. The van der Waals surface area contributed by atoms with Gasteiger partial charge in [-0.3, -0.25) is 4.79 Å². The summed E-state index contributed by atoms with van der Waals surface area (Å²) >= 11 is 0. The fraction of sp³-hybridized carbons (Fsp3) is 0.222. The van der Waals surface area contributed by atoms with Crippen molar-refractivity contribution in [1.82, 2.24) is 0 Å². The lowest BCUT2D eigenvalue weighted by Crippen LogP contribution is -2.10. The highest BCUT2D eigenvalue weighted by atomic mass is 32.2. The number of nitrogens with one attached hydrogen (secondary N) is 1. The number of nitrogens with two attached hydrogens (primary N) is 1. The number of nitrogen functional groups attached to an aromatic ring is 1. The molecule has 0 fully saturated rings. The number of hydrogen-bond donors (Lipinski definition) is 3. The molecule has 0 spiro atoms. The largest absolute Gasteiger partial charge is 0.506 e. The quantitative estimate of drug-likeness (QED) is 0.441. The molecule has 1 aliphatic heterocycles. The SMILES string of the molecule is Nc1cc2c(cc1O)NC(=O)CCS2(=O)=O. The van der Waals surface area contributed by atoms with Crippen molar-refractivity contribution in [2.24, 2.45) is 0 Å². The number of anilines is 2. The second kappa shape index (κ2) is 3.38. The number of phenolic OH excluding ortho intramolecular Hbond substituents is 1. The molecule has 0 aliphatic carbocycles. The van der Waals surface area contributed by atoms with Gasteiger partial charge in [-0.2, -0.15) is 0 Å². The van der Waals surface area contributed by atoms with Crippen LogP contribution in [0, 0.1) is 0 Å². The summed E-state index contributed by atoms with van der Waals surface area (Å²) in [7, 11) is -3.53. The van der Waals surface area contributed by atoms with Gasteiger partial charge >= 0.3 is 0 Å². The minimum atomic E-state index is -3.53. The summed E-state index contributed by atoms with van der Waals surface area (Å²) in [4.78, 5) is 11.2. The summed E-state index contributed by atoms with van der Waals surface area (Å²) in [6.45, 7) is 0. The van der Waals surface area contributed by atoms with Gasteiger partial charge in [0, 0.05) is 12.5 Å². The second-order valence-electron chi connectivity index (χ2n) is 3.52. The number of hydrogen-bond acceptors (Lipinski definition) is 5. The Hall–Kier alpha value is -1.76. The number of aromatic hydroxyl groups is 1. The minimum absolute atomic E-state index is 0.0292. The third kappa shape index (κ3) is 1.69. The summed E-state index contributed by atoms with van der Waals surface area (Å²) in [5, 5.41) is 11.8. The average Bonchev–Trinajstić information content (AvgIpc) is 2.29. The first-order valence-electron chi connectivity index (χ1n) is 4.55. The van der Waals surface area contributed by atoms with Gasteiger partial charge in [-0.05, 0) is 6.07 Å². The molecule has 16 heavy (non-hydrogen) atoms. The highest BCUT2D eigenvalue weighted by molar-refractivity contribution is 7.91. The van der Waals surface area contributed by atoms with E-state index in [4.69, 9.17) is 5.73 Å². The number of fused-ring (bicyclic) bond motifs is 1. The van der Waals surface area contributed by atoms with E-state index in [1.807, 2.05) is 0 Å². The molecule has 2 rings (SSSR count). The van der Waals surface area contributed by atoms with Crippen molar-refractivity contribution in [2.75, 3.05) is 16.8 Å². The normalized spacial score (nSPS) is 18.4. The van der Waals surface area contributed by atoms with E-state index >= 15 is 0 Å². The Kier molecular flexibility index (Phi) is 2.27. The van der Waals surface area contributed by atoms with Crippen LogP contribution in [0.3, 0.4) is 0 Å².